The number of rotatable bonds is 4. The van der Waals surface area contributed by atoms with Gasteiger partial charge in [-0.15, -0.1) is 0 Å². The standard InChI is InChI=1S/C13H22N2O5S/c16-11(8-10-9-21(19,20)7-6-14-10)15-13(12(17)18)4-2-1-3-5-13/h10,14H,1-9H2,(H,15,16)(H,17,18). The third kappa shape index (κ3) is 4.16. The van der Waals surface area contributed by atoms with Gasteiger partial charge in [0.2, 0.25) is 5.91 Å². The van der Waals surface area contributed by atoms with Crippen molar-refractivity contribution >= 4 is 21.7 Å². The average Bonchev–Trinajstić information content (AvgIpc) is 2.38. The number of amides is 1. The van der Waals surface area contributed by atoms with E-state index in [1.54, 1.807) is 0 Å². The zero-order valence-corrected chi connectivity index (χ0v) is 12.7. The van der Waals surface area contributed by atoms with Crippen LogP contribution in [0.1, 0.15) is 38.5 Å². The molecule has 0 aromatic rings. The van der Waals surface area contributed by atoms with Crippen molar-refractivity contribution < 1.29 is 23.1 Å². The minimum absolute atomic E-state index is 0.00569. The maximum absolute atomic E-state index is 12.1. The first-order chi connectivity index (χ1) is 9.83. The number of carboxylic acids is 1. The number of carboxylic acid groups (broad SMARTS) is 1. The monoisotopic (exact) mass is 318 g/mol. The average molecular weight is 318 g/mol. The Kier molecular flexibility index (Phi) is 4.88. The highest BCUT2D eigenvalue weighted by molar-refractivity contribution is 7.91. The number of nitrogens with one attached hydrogen (secondary N) is 2. The van der Waals surface area contributed by atoms with Gasteiger partial charge in [-0.1, -0.05) is 19.3 Å². The molecule has 2 aliphatic rings. The molecule has 0 aromatic carbocycles. The molecule has 2 rings (SSSR count). The second-order valence-electron chi connectivity index (χ2n) is 5.97. The highest BCUT2D eigenvalue weighted by atomic mass is 32.2. The summed E-state index contributed by atoms with van der Waals surface area (Å²) in [6, 6.07) is -0.432. The van der Waals surface area contributed by atoms with E-state index in [1.807, 2.05) is 0 Å². The minimum atomic E-state index is -3.10. The van der Waals surface area contributed by atoms with Crippen molar-refractivity contribution in [2.24, 2.45) is 0 Å². The highest BCUT2D eigenvalue weighted by Crippen LogP contribution is 2.28. The van der Waals surface area contributed by atoms with Crippen molar-refractivity contribution in [2.75, 3.05) is 18.1 Å². The van der Waals surface area contributed by atoms with Gasteiger partial charge in [0, 0.05) is 19.0 Å². The van der Waals surface area contributed by atoms with E-state index in [-0.39, 0.29) is 17.9 Å². The fourth-order valence-electron chi connectivity index (χ4n) is 3.09. The third-order valence-electron chi connectivity index (χ3n) is 4.23. The van der Waals surface area contributed by atoms with Crippen molar-refractivity contribution in [1.82, 2.24) is 10.6 Å². The van der Waals surface area contributed by atoms with Crippen LogP contribution in [0, 0.1) is 0 Å². The van der Waals surface area contributed by atoms with Crippen molar-refractivity contribution in [3.63, 3.8) is 0 Å². The topological polar surface area (TPSA) is 113 Å². The Morgan fingerprint density at radius 3 is 2.48 bits per heavy atom. The van der Waals surface area contributed by atoms with Crippen LogP contribution < -0.4 is 10.6 Å². The summed E-state index contributed by atoms with van der Waals surface area (Å²) < 4.78 is 23.1. The molecule has 3 N–H and O–H groups in total. The van der Waals surface area contributed by atoms with E-state index < -0.39 is 33.3 Å². The molecule has 1 amide bonds. The Morgan fingerprint density at radius 1 is 1.24 bits per heavy atom. The Morgan fingerprint density at radius 2 is 1.90 bits per heavy atom. The predicted octanol–water partition coefficient (Wildman–Crippen LogP) is -0.333. The molecule has 8 heteroatoms. The molecule has 2 fully saturated rings. The normalized spacial score (nSPS) is 27.7. The summed E-state index contributed by atoms with van der Waals surface area (Å²) in [5.41, 5.74) is -1.18. The second-order valence-corrected chi connectivity index (χ2v) is 8.19. The van der Waals surface area contributed by atoms with E-state index in [0.717, 1.165) is 19.3 Å². The minimum Gasteiger partial charge on any atom is -0.480 e. The van der Waals surface area contributed by atoms with Crippen LogP contribution in [-0.4, -0.2) is 55.0 Å². The Balaban J connectivity index is 1.95. The first kappa shape index (κ1) is 16.2. The first-order valence-electron chi connectivity index (χ1n) is 7.31. The highest BCUT2D eigenvalue weighted by Gasteiger charge is 2.41. The molecule has 1 saturated carbocycles. The molecule has 120 valence electrons. The van der Waals surface area contributed by atoms with E-state index in [0.29, 0.717) is 19.4 Å². The molecule has 0 radical (unpaired) electrons. The summed E-state index contributed by atoms with van der Waals surface area (Å²) in [6.07, 6.45) is 3.40. The number of carbonyl (C=O) groups is 2. The molecule has 7 nitrogen and oxygen atoms in total. The van der Waals surface area contributed by atoms with Crippen LogP contribution in [0.15, 0.2) is 0 Å². The van der Waals surface area contributed by atoms with Crippen LogP contribution in [0.25, 0.3) is 0 Å². The van der Waals surface area contributed by atoms with Crippen molar-refractivity contribution in [2.45, 2.75) is 50.1 Å². The number of hydrogen-bond acceptors (Lipinski definition) is 5. The van der Waals surface area contributed by atoms with Gasteiger partial charge in [0.1, 0.15) is 5.54 Å². The van der Waals surface area contributed by atoms with Gasteiger partial charge >= 0.3 is 5.97 Å². The summed E-state index contributed by atoms with van der Waals surface area (Å²) in [6.45, 7) is 0.338. The number of aliphatic carboxylic acids is 1. The zero-order valence-electron chi connectivity index (χ0n) is 11.9. The van der Waals surface area contributed by atoms with Crippen LogP contribution in [0.3, 0.4) is 0 Å². The summed E-state index contributed by atoms with van der Waals surface area (Å²) in [7, 11) is -3.10. The maximum Gasteiger partial charge on any atom is 0.329 e. The molecule has 1 atom stereocenters. The van der Waals surface area contributed by atoms with Gasteiger partial charge < -0.3 is 15.7 Å². The zero-order chi connectivity index (χ0) is 15.5. The molecule has 21 heavy (non-hydrogen) atoms. The summed E-state index contributed by atoms with van der Waals surface area (Å²) in [5, 5.41) is 15.0. The predicted molar refractivity (Wildman–Crippen MR) is 76.7 cm³/mol. The molecule has 0 bridgehead atoms. The van der Waals surface area contributed by atoms with Crippen LogP contribution in [0.5, 0.6) is 0 Å². The quantitative estimate of drug-likeness (QED) is 0.654. The molecule has 0 spiro atoms. The number of sulfone groups is 1. The molecular formula is C13H22N2O5S. The summed E-state index contributed by atoms with van der Waals surface area (Å²) in [4.78, 5) is 23.6. The lowest BCUT2D eigenvalue weighted by Crippen LogP contribution is -2.57. The molecule has 1 saturated heterocycles. The van der Waals surface area contributed by atoms with Crippen LogP contribution in [0.4, 0.5) is 0 Å². The van der Waals surface area contributed by atoms with Crippen molar-refractivity contribution in [3.8, 4) is 0 Å². The van der Waals surface area contributed by atoms with E-state index in [9.17, 15) is 23.1 Å². The fraction of sp³-hybridized carbons (Fsp3) is 0.846. The lowest BCUT2D eigenvalue weighted by atomic mass is 9.81. The lowest BCUT2D eigenvalue weighted by Gasteiger charge is -2.34. The second kappa shape index (κ2) is 6.31. The SMILES string of the molecule is O=C(CC1CS(=O)(=O)CCN1)NC1(C(=O)O)CCCCC1. The maximum atomic E-state index is 12.1. The molecule has 1 aliphatic carbocycles. The molecule has 1 aliphatic heterocycles. The largest absolute Gasteiger partial charge is 0.480 e. The van der Waals surface area contributed by atoms with E-state index in [1.165, 1.54) is 0 Å². The van der Waals surface area contributed by atoms with Gasteiger partial charge in [0.15, 0.2) is 9.84 Å². The van der Waals surface area contributed by atoms with Gasteiger partial charge in [-0.3, -0.25) is 4.79 Å². The number of hydrogen-bond donors (Lipinski definition) is 3. The summed E-state index contributed by atoms with van der Waals surface area (Å²) >= 11 is 0. The lowest BCUT2D eigenvalue weighted by molar-refractivity contribution is -0.149. The van der Waals surface area contributed by atoms with Crippen LogP contribution in [0.2, 0.25) is 0 Å². The fourth-order valence-corrected chi connectivity index (χ4v) is 4.53. The van der Waals surface area contributed by atoms with Gasteiger partial charge in [-0.2, -0.15) is 0 Å². The van der Waals surface area contributed by atoms with E-state index in [4.69, 9.17) is 0 Å². The van der Waals surface area contributed by atoms with Gasteiger partial charge in [0.25, 0.3) is 0 Å². The third-order valence-corrected chi connectivity index (χ3v) is 5.96. The Labute approximate surface area is 124 Å². The van der Waals surface area contributed by atoms with E-state index >= 15 is 0 Å². The Bertz CT molecular complexity index is 511. The van der Waals surface area contributed by atoms with Gasteiger partial charge in [0.05, 0.1) is 11.5 Å². The first-order valence-corrected chi connectivity index (χ1v) is 9.13. The molecular weight excluding hydrogens is 296 g/mol. The number of carbonyl (C=O) groups excluding carboxylic acids is 1. The van der Waals surface area contributed by atoms with Gasteiger partial charge in [-0.25, -0.2) is 13.2 Å². The Hall–Kier alpha value is -1.15. The van der Waals surface area contributed by atoms with Crippen molar-refractivity contribution in [3.05, 3.63) is 0 Å². The van der Waals surface area contributed by atoms with Crippen LogP contribution >= 0.6 is 0 Å². The molecule has 1 unspecified atom stereocenters. The van der Waals surface area contributed by atoms with Crippen molar-refractivity contribution in [1.29, 1.82) is 0 Å². The van der Waals surface area contributed by atoms with Crippen LogP contribution in [-0.2, 0) is 19.4 Å². The molecule has 1 heterocycles. The molecule has 0 aromatic heterocycles. The summed E-state index contributed by atoms with van der Waals surface area (Å²) in [5.74, 6) is -1.38. The van der Waals surface area contributed by atoms with E-state index in [2.05, 4.69) is 10.6 Å². The smallest absolute Gasteiger partial charge is 0.329 e. The van der Waals surface area contributed by atoms with Gasteiger partial charge in [-0.05, 0) is 12.8 Å².